The number of halogens is 1. The van der Waals surface area contributed by atoms with Crippen molar-refractivity contribution in [2.24, 2.45) is 0 Å². The van der Waals surface area contributed by atoms with Gasteiger partial charge in [-0.05, 0) is 113 Å². The molecule has 4 rings (SSSR count). The van der Waals surface area contributed by atoms with Gasteiger partial charge in [0, 0.05) is 12.6 Å². The summed E-state index contributed by atoms with van der Waals surface area (Å²) in [6.45, 7) is 9.62. The van der Waals surface area contributed by atoms with Crippen LogP contribution in [0.2, 0.25) is 0 Å². The lowest BCUT2D eigenvalue weighted by Crippen LogP contribution is -2.32. The molecule has 0 spiro atoms. The highest BCUT2D eigenvalue weighted by Crippen LogP contribution is 2.41. The van der Waals surface area contributed by atoms with Gasteiger partial charge in [-0.25, -0.2) is 0 Å². The summed E-state index contributed by atoms with van der Waals surface area (Å²) >= 11 is 4.17. The van der Waals surface area contributed by atoms with Crippen molar-refractivity contribution in [2.45, 2.75) is 45.4 Å². The molecule has 3 amide bonds. The topological polar surface area (TPSA) is 128 Å². The van der Waals surface area contributed by atoms with Crippen molar-refractivity contribution >= 4 is 66.6 Å². The van der Waals surface area contributed by atoms with E-state index in [1.54, 1.807) is 13.0 Å². The molecule has 0 radical (unpaired) electrons. The van der Waals surface area contributed by atoms with Gasteiger partial charge in [0.05, 0.1) is 22.5 Å². The fourth-order valence-electron chi connectivity index (χ4n) is 4.42. The van der Waals surface area contributed by atoms with Crippen LogP contribution in [0.5, 0.6) is 17.2 Å². The lowest BCUT2D eigenvalue weighted by atomic mass is 10.0. The van der Waals surface area contributed by atoms with E-state index in [-0.39, 0.29) is 57.4 Å². The number of ether oxygens (including phenoxy) is 2. The van der Waals surface area contributed by atoms with Crippen molar-refractivity contribution in [3.05, 3.63) is 80.7 Å². The second kappa shape index (κ2) is 14.5. The molecule has 1 fully saturated rings. The highest BCUT2D eigenvalue weighted by atomic mass is 79.9. The predicted molar refractivity (Wildman–Crippen MR) is 177 cm³/mol. The number of hydrogen-bond acceptors (Lipinski definition) is 9. The molecule has 0 bridgehead atoms. The highest BCUT2D eigenvalue weighted by molar-refractivity contribution is 9.10. The first kappa shape index (κ1) is 34.1. The standard InChI is InChI=1S/C32H33BrN2O8S2/c1-6-41-28-17-22(16-26(33)30(28)43-45(39,40)24-10-8-23(9-11-24)34-21(5)36)18-29-31(37)35(32(38)44-29)13-14-42-27-15-20(4)7-12-25(27)19(2)3/h7-12,15-19H,6,13-14H2,1-5H3,(H,34,36)/b29-18-. The quantitative estimate of drug-likeness (QED) is 0.154. The monoisotopic (exact) mass is 716 g/mol. The summed E-state index contributed by atoms with van der Waals surface area (Å²) < 4.78 is 43.5. The molecule has 10 nitrogen and oxygen atoms in total. The van der Waals surface area contributed by atoms with Crippen LogP contribution < -0.4 is 19.0 Å². The first-order valence-electron chi connectivity index (χ1n) is 14.1. The van der Waals surface area contributed by atoms with Gasteiger partial charge in [0.25, 0.3) is 11.1 Å². The van der Waals surface area contributed by atoms with E-state index in [2.05, 4.69) is 35.1 Å². The minimum atomic E-state index is -4.28. The fraction of sp³-hybridized carbons (Fsp3) is 0.281. The minimum Gasteiger partial charge on any atom is -0.491 e. The van der Waals surface area contributed by atoms with Crippen molar-refractivity contribution < 1.29 is 36.5 Å². The van der Waals surface area contributed by atoms with Gasteiger partial charge in [-0.3, -0.25) is 19.3 Å². The number of aryl methyl sites for hydroxylation is 1. The summed E-state index contributed by atoms with van der Waals surface area (Å²) in [6.07, 6.45) is 1.54. The Kier molecular flexibility index (Phi) is 11.0. The van der Waals surface area contributed by atoms with Crippen LogP contribution in [0.1, 0.15) is 50.3 Å². The summed E-state index contributed by atoms with van der Waals surface area (Å²) in [7, 11) is -4.28. The molecular weight excluding hydrogens is 684 g/mol. The molecule has 0 aliphatic carbocycles. The van der Waals surface area contributed by atoms with Gasteiger partial charge in [0.15, 0.2) is 11.5 Å². The van der Waals surface area contributed by atoms with Crippen LogP contribution in [0.15, 0.2) is 68.9 Å². The third-order valence-electron chi connectivity index (χ3n) is 6.52. The highest BCUT2D eigenvalue weighted by Gasteiger charge is 2.35. The second-order valence-electron chi connectivity index (χ2n) is 10.4. The molecule has 0 atom stereocenters. The number of carbonyl (C=O) groups excluding carboxylic acids is 3. The minimum absolute atomic E-state index is 0.0812. The van der Waals surface area contributed by atoms with Crippen molar-refractivity contribution in [3.8, 4) is 17.2 Å². The number of imide groups is 1. The summed E-state index contributed by atoms with van der Waals surface area (Å²) in [5.74, 6) is 0.268. The molecule has 0 aromatic heterocycles. The van der Waals surface area contributed by atoms with Gasteiger partial charge in [-0.1, -0.05) is 26.0 Å². The van der Waals surface area contributed by atoms with Crippen LogP contribution in [0.3, 0.4) is 0 Å². The van der Waals surface area contributed by atoms with Crippen LogP contribution in [0, 0.1) is 6.92 Å². The van der Waals surface area contributed by atoms with Crippen molar-refractivity contribution in [1.29, 1.82) is 0 Å². The van der Waals surface area contributed by atoms with E-state index in [9.17, 15) is 22.8 Å². The van der Waals surface area contributed by atoms with Crippen LogP contribution in [-0.4, -0.2) is 50.1 Å². The lowest BCUT2D eigenvalue weighted by molar-refractivity contribution is -0.123. The molecule has 1 heterocycles. The van der Waals surface area contributed by atoms with E-state index in [1.807, 2.05) is 25.1 Å². The van der Waals surface area contributed by atoms with Crippen LogP contribution in [0.4, 0.5) is 10.5 Å². The van der Waals surface area contributed by atoms with Gasteiger partial charge in [-0.15, -0.1) is 0 Å². The normalized spacial score (nSPS) is 14.3. The number of amides is 3. The maximum Gasteiger partial charge on any atom is 0.339 e. The first-order chi connectivity index (χ1) is 21.3. The maximum absolute atomic E-state index is 13.2. The number of carbonyl (C=O) groups is 3. The molecule has 1 aliphatic rings. The van der Waals surface area contributed by atoms with Crippen LogP contribution in [-0.2, 0) is 19.7 Å². The molecule has 1 saturated heterocycles. The molecule has 0 saturated carbocycles. The molecule has 3 aromatic rings. The Hall–Kier alpha value is -3.81. The van der Waals surface area contributed by atoms with Gasteiger partial charge in [0.2, 0.25) is 5.91 Å². The molecule has 45 heavy (non-hydrogen) atoms. The van der Waals surface area contributed by atoms with Gasteiger partial charge in [0.1, 0.15) is 17.3 Å². The fourth-order valence-corrected chi connectivity index (χ4v) is 6.89. The Labute approximate surface area is 275 Å². The third-order valence-corrected chi connectivity index (χ3v) is 9.26. The average molecular weight is 718 g/mol. The van der Waals surface area contributed by atoms with E-state index in [1.165, 1.54) is 43.3 Å². The smallest absolute Gasteiger partial charge is 0.339 e. The molecular formula is C32H33BrN2O8S2. The SMILES string of the molecule is CCOc1cc(/C=C2\SC(=O)N(CCOc3cc(C)ccc3C(C)C)C2=O)cc(Br)c1OS(=O)(=O)c1ccc(NC(C)=O)cc1. The van der Waals surface area contributed by atoms with E-state index < -0.39 is 21.3 Å². The second-order valence-corrected chi connectivity index (χ2v) is 13.8. The number of rotatable bonds is 12. The van der Waals surface area contributed by atoms with E-state index in [0.717, 1.165) is 33.5 Å². The van der Waals surface area contributed by atoms with E-state index in [0.29, 0.717) is 11.3 Å². The largest absolute Gasteiger partial charge is 0.491 e. The zero-order valence-electron chi connectivity index (χ0n) is 25.4. The summed E-state index contributed by atoms with van der Waals surface area (Å²) in [5, 5.41) is 2.16. The van der Waals surface area contributed by atoms with E-state index in [4.69, 9.17) is 13.7 Å². The maximum atomic E-state index is 13.2. The summed E-state index contributed by atoms with van der Waals surface area (Å²) in [5.41, 5.74) is 3.01. The number of thioether (sulfide) groups is 1. The van der Waals surface area contributed by atoms with Crippen molar-refractivity contribution in [1.82, 2.24) is 4.90 Å². The van der Waals surface area contributed by atoms with Crippen LogP contribution >= 0.6 is 27.7 Å². The van der Waals surface area contributed by atoms with Crippen molar-refractivity contribution in [2.75, 3.05) is 25.1 Å². The van der Waals surface area contributed by atoms with E-state index >= 15 is 0 Å². The molecule has 238 valence electrons. The lowest BCUT2D eigenvalue weighted by Gasteiger charge is -2.17. The Morgan fingerprint density at radius 2 is 1.76 bits per heavy atom. The number of hydrogen-bond donors (Lipinski definition) is 1. The number of anilines is 1. The molecule has 0 unspecified atom stereocenters. The third kappa shape index (κ3) is 8.47. The zero-order valence-corrected chi connectivity index (χ0v) is 28.6. The zero-order chi connectivity index (χ0) is 32.9. The Morgan fingerprint density at radius 3 is 2.40 bits per heavy atom. The average Bonchev–Trinajstić information content (AvgIpc) is 3.22. The van der Waals surface area contributed by atoms with Crippen molar-refractivity contribution in [3.63, 3.8) is 0 Å². The van der Waals surface area contributed by atoms with Gasteiger partial charge < -0.3 is 19.0 Å². The number of benzene rings is 3. The Bertz CT molecular complexity index is 1760. The summed E-state index contributed by atoms with van der Waals surface area (Å²) in [6, 6.07) is 14.6. The first-order valence-corrected chi connectivity index (χ1v) is 17.1. The van der Waals surface area contributed by atoms with Crippen LogP contribution in [0.25, 0.3) is 6.08 Å². The van der Waals surface area contributed by atoms with Gasteiger partial charge >= 0.3 is 10.1 Å². The molecule has 13 heteroatoms. The molecule has 3 aromatic carbocycles. The molecule has 1 N–H and O–H groups in total. The Morgan fingerprint density at radius 1 is 1.04 bits per heavy atom. The molecule has 1 aliphatic heterocycles. The summed E-state index contributed by atoms with van der Waals surface area (Å²) in [4.78, 5) is 38.4. The van der Waals surface area contributed by atoms with Gasteiger partial charge in [-0.2, -0.15) is 8.42 Å². The number of nitrogens with zero attached hydrogens (tertiary/aromatic N) is 1. The number of nitrogens with one attached hydrogen (secondary N) is 1. The predicted octanol–water partition coefficient (Wildman–Crippen LogP) is 7.12. The Balaban J connectivity index is 1.51.